The predicted molar refractivity (Wildman–Crippen MR) is 34.3 cm³/mol. The molecule has 0 amide bonds. The van der Waals surface area contributed by atoms with Gasteiger partial charge in [-0.15, -0.1) is 6.42 Å². The van der Waals surface area contributed by atoms with Crippen molar-refractivity contribution >= 4 is 6.29 Å². The van der Waals surface area contributed by atoms with E-state index in [9.17, 15) is 4.79 Å². The van der Waals surface area contributed by atoms with Gasteiger partial charge >= 0.3 is 0 Å². The first kappa shape index (κ1) is 12.5. The van der Waals surface area contributed by atoms with Crippen molar-refractivity contribution in [3.63, 3.8) is 0 Å². The van der Waals surface area contributed by atoms with Crippen molar-refractivity contribution < 1.29 is 37.5 Å². The molecule has 0 saturated carbocycles. The van der Waals surface area contributed by atoms with E-state index in [0.29, 0.717) is 18.3 Å². The molecule has 1 radical (unpaired) electrons. The molecule has 51 valence electrons. The first-order valence-electron chi connectivity index (χ1n) is 3.03. The van der Waals surface area contributed by atoms with E-state index < -0.39 is 0 Å². The summed E-state index contributed by atoms with van der Waals surface area (Å²) in [6.07, 6.45) is 2.48. The Kier molecular flexibility index (Phi) is 9.53. The van der Waals surface area contributed by atoms with Gasteiger partial charge in [-0.1, -0.05) is 26.7 Å². The summed E-state index contributed by atoms with van der Waals surface area (Å²) in [4.78, 5) is 9.79. The Balaban J connectivity index is 0. The zero-order valence-electron chi connectivity index (χ0n) is 6.35. The molecule has 0 N–H and O–H groups in total. The molecule has 0 spiro atoms. The average Bonchev–Trinajstić information content (AvgIpc) is 1.67. The van der Waals surface area contributed by atoms with Crippen LogP contribution < -0.4 is 0 Å². The van der Waals surface area contributed by atoms with Crippen LogP contribution in [0.15, 0.2) is 0 Å². The van der Waals surface area contributed by atoms with Crippen LogP contribution in [-0.2, 0) is 37.5 Å². The van der Waals surface area contributed by atoms with Crippen molar-refractivity contribution in [1.82, 2.24) is 0 Å². The van der Waals surface area contributed by atoms with Crippen LogP contribution in [0.2, 0.25) is 0 Å². The van der Waals surface area contributed by atoms with Crippen molar-refractivity contribution in [2.45, 2.75) is 27.2 Å². The summed E-state index contributed by atoms with van der Waals surface area (Å²) in [5.41, 5.74) is 0. The van der Waals surface area contributed by atoms with Gasteiger partial charge in [-0.05, 0) is 5.92 Å². The third-order valence-electron chi connectivity index (χ3n) is 1.54. The maximum absolute atomic E-state index is 9.79. The fourth-order valence-electron chi connectivity index (χ4n) is 0.367. The maximum atomic E-state index is 9.79. The Labute approximate surface area is 82.5 Å². The minimum atomic E-state index is 0. The molecular weight excluding hydrogens is 189 g/mol. The van der Waals surface area contributed by atoms with E-state index in [-0.39, 0.29) is 32.7 Å². The second kappa shape index (κ2) is 6.89. The van der Waals surface area contributed by atoms with Crippen molar-refractivity contribution in [2.75, 3.05) is 0 Å². The molecule has 0 aromatic heterocycles. The Hall–Kier alpha value is 0.774. The molecule has 0 aliphatic rings. The molecule has 0 heterocycles. The summed E-state index contributed by atoms with van der Waals surface area (Å²) in [7, 11) is 0. The predicted octanol–water partition coefficient (Wildman–Crippen LogP) is 1.78. The largest absolute Gasteiger partial charge is 0.542 e. The Morgan fingerprint density at radius 1 is 1.33 bits per heavy atom. The number of rotatable bonds is 3. The van der Waals surface area contributed by atoms with Crippen LogP contribution >= 0.6 is 0 Å². The Bertz CT molecular complexity index is 71.3. The fourth-order valence-corrected chi connectivity index (χ4v) is 0.367. The van der Waals surface area contributed by atoms with Gasteiger partial charge in [-0.3, -0.25) is 6.29 Å². The molecule has 0 aliphatic heterocycles. The second-order valence-electron chi connectivity index (χ2n) is 2.57. The minimum Gasteiger partial charge on any atom is -0.542 e. The Morgan fingerprint density at radius 2 is 1.78 bits per heavy atom. The average molecular weight is 202 g/mol. The van der Waals surface area contributed by atoms with Crippen LogP contribution in [-0.4, -0.2) is 6.29 Å². The third-order valence-corrected chi connectivity index (χ3v) is 1.54. The van der Waals surface area contributed by atoms with Crippen molar-refractivity contribution in [1.29, 1.82) is 0 Å². The van der Waals surface area contributed by atoms with Gasteiger partial charge in [0.15, 0.2) is 0 Å². The summed E-state index contributed by atoms with van der Waals surface area (Å²) >= 11 is 0. The van der Waals surface area contributed by atoms with E-state index in [2.05, 4.69) is 20.8 Å². The van der Waals surface area contributed by atoms with Crippen LogP contribution in [0, 0.1) is 11.8 Å². The smallest absolute Gasteiger partial charge is 0 e. The fraction of sp³-hybridized carbons (Fsp3) is 0.857. The van der Waals surface area contributed by atoms with E-state index in [1.807, 2.05) is 6.29 Å². The number of hydrogen-bond acceptors (Lipinski definition) is 1. The molecular formula is C7H13OY-. The standard InChI is InChI=1S/C7H13O.Y/c1-6(2)7(3)4-5-8;/h6-7H,4H2,1-3H3;/q-1;. The van der Waals surface area contributed by atoms with Gasteiger partial charge < -0.3 is 4.79 Å². The van der Waals surface area contributed by atoms with Crippen LogP contribution in [0.1, 0.15) is 27.2 Å². The summed E-state index contributed by atoms with van der Waals surface area (Å²) in [6.45, 7) is 6.29. The van der Waals surface area contributed by atoms with Gasteiger partial charge in [0.05, 0.1) is 0 Å². The molecule has 1 unspecified atom stereocenters. The molecule has 0 bridgehead atoms. The molecule has 0 aromatic carbocycles. The molecule has 0 aromatic rings. The zero-order chi connectivity index (χ0) is 6.57. The molecule has 2 heteroatoms. The van der Waals surface area contributed by atoms with Gasteiger partial charge in [0.25, 0.3) is 0 Å². The van der Waals surface area contributed by atoms with Gasteiger partial charge in [0.2, 0.25) is 0 Å². The first-order chi connectivity index (χ1) is 3.68. The Morgan fingerprint density at radius 3 is 1.89 bits per heavy atom. The van der Waals surface area contributed by atoms with E-state index in [1.165, 1.54) is 0 Å². The van der Waals surface area contributed by atoms with Gasteiger partial charge in [0.1, 0.15) is 0 Å². The molecule has 0 fully saturated rings. The molecule has 0 aliphatic carbocycles. The number of hydrogen-bond donors (Lipinski definition) is 0. The van der Waals surface area contributed by atoms with E-state index in [4.69, 9.17) is 0 Å². The third kappa shape index (κ3) is 6.66. The monoisotopic (exact) mass is 202 g/mol. The molecule has 0 rings (SSSR count). The van der Waals surface area contributed by atoms with Crippen molar-refractivity contribution in [2.24, 2.45) is 11.8 Å². The quantitative estimate of drug-likeness (QED) is 0.637. The normalized spacial score (nSPS) is 12.4. The van der Waals surface area contributed by atoms with E-state index in [0.717, 1.165) is 0 Å². The molecule has 0 saturated heterocycles. The SMILES string of the molecule is CC(C)C(C)C[C-]=O.[Y]. The minimum absolute atomic E-state index is 0. The first-order valence-corrected chi connectivity index (χ1v) is 3.03. The van der Waals surface area contributed by atoms with E-state index >= 15 is 0 Å². The van der Waals surface area contributed by atoms with Gasteiger partial charge in [-0.25, -0.2) is 0 Å². The van der Waals surface area contributed by atoms with Crippen LogP contribution in [0.3, 0.4) is 0 Å². The van der Waals surface area contributed by atoms with Crippen molar-refractivity contribution in [3.05, 3.63) is 0 Å². The molecule has 1 atom stereocenters. The second-order valence-corrected chi connectivity index (χ2v) is 2.57. The molecule has 1 nitrogen and oxygen atoms in total. The zero-order valence-corrected chi connectivity index (χ0v) is 9.19. The maximum Gasteiger partial charge on any atom is 0 e. The number of carbonyl (C=O) groups excluding carboxylic acids is 1. The summed E-state index contributed by atoms with van der Waals surface area (Å²) in [5.74, 6) is 1.10. The summed E-state index contributed by atoms with van der Waals surface area (Å²) in [5, 5.41) is 0. The molecule has 9 heavy (non-hydrogen) atoms. The van der Waals surface area contributed by atoms with Crippen LogP contribution in [0.25, 0.3) is 0 Å². The van der Waals surface area contributed by atoms with Gasteiger partial charge in [0, 0.05) is 32.7 Å². The summed E-state index contributed by atoms with van der Waals surface area (Å²) in [6, 6.07) is 0. The van der Waals surface area contributed by atoms with Crippen molar-refractivity contribution in [3.8, 4) is 0 Å². The van der Waals surface area contributed by atoms with Gasteiger partial charge in [-0.2, -0.15) is 0 Å². The summed E-state index contributed by atoms with van der Waals surface area (Å²) < 4.78 is 0. The topological polar surface area (TPSA) is 17.1 Å². The van der Waals surface area contributed by atoms with Crippen LogP contribution in [0.4, 0.5) is 0 Å². The van der Waals surface area contributed by atoms with E-state index in [1.54, 1.807) is 0 Å². The van der Waals surface area contributed by atoms with Crippen LogP contribution in [0.5, 0.6) is 0 Å².